The summed E-state index contributed by atoms with van der Waals surface area (Å²) in [5, 5.41) is 0. The zero-order chi connectivity index (χ0) is 58.4. The van der Waals surface area contributed by atoms with Gasteiger partial charge in [-0.25, -0.2) is 4.57 Å². The van der Waals surface area contributed by atoms with E-state index in [0.717, 1.165) is 109 Å². The molecule has 0 radical (unpaired) electrons. The van der Waals surface area contributed by atoms with Gasteiger partial charge in [-0.2, -0.15) is 0 Å². The van der Waals surface area contributed by atoms with Crippen molar-refractivity contribution in [1.29, 1.82) is 0 Å². The highest BCUT2D eigenvalue weighted by molar-refractivity contribution is 7.47. The maximum atomic E-state index is 12.8. The predicted octanol–water partition coefficient (Wildman–Crippen LogP) is 20.3. The lowest BCUT2D eigenvalue weighted by molar-refractivity contribution is -0.870. The number of carbonyl (C=O) groups is 2. The van der Waals surface area contributed by atoms with E-state index in [1.165, 1.54) is 83.5 Å². The number of hydrogen-bond acceptors (Lipinski definition) is 7. The van der Waals surface area contributed by atoms with Gasteiger partial charge in [0.05, 0.1) is 27.7 Å². The molecule has 0 heterocycles. The van der Waals surface area contributed by atoms with Crippen LogP contribution >= 0.6 is 7.82 Å². The van der Waals surface area contributed by atoms with E-state index in [1.54, 1.807) is 0 Å². The molecule has 0 aliphatic carbocycles. The molecule has 0 rings (SSSR count). The molecule has 0 saturated heterocycles. The zero-order valence-corrected chi connectivity index (χ0v) is 52.4. The number of unbranched alkanes of at least 4 members (excludes halogenated alkanes) is 18. The highest BCUT2D eigenvalue weighted by Crippen LogP contribution is 2.43. The first-order chi connectivity index (χ1) is 39.0. The number of phosphoric acid groups is 1. The Balaban J connectivity index is 4.14. The molecule has 0 spiro atoms. The molecule has 0 bridgehead atoms. The van der Waals surface area contributed by atoms with E-state index in [0.29, 0.717) is 23.9 Å². The van der Waals surface area contributed by atoms with Gasteiger partial charge in [-0.05, 0) is 116 Å². The molecular weight excluding hydrogens is 1010 g/mol. The van der Waals surface area contributed by atoms with Crippen molar-refractivity contribution in [3.05, 3.63) is 146 Å². The number of hydrogen-bond donors (Lipinski definition) is 1. The third-order valence-corrected chi connectivity index (χ3v) is 13.8. The van der Waals surface area contributed by atoms with Crippen molar-refractivity contribution in [2.24, 2.45) is 0 Å². The standard InChI is InChI=1S/C70H116NO8P/c1-6-8-10-12-14-16-18-20-22-24-26-28-29-30-31-32-33-34-35-36-37-38-39-40-41-43-45-47-49-51-53-55-57-59-61-63-70(73)79-68(67-78-80(74,75)77-65-64-71(3,4)5)66-76-69(72)62-60-58-56-54-52-50-48-46-44-42-27-25-23-21-19-17-15-13-11-9-7-2/h8-11,14-17,20-23,26-28,30-31,33-34,42,46,48,52,54,68H,6-7,12-13,18-19,24-25,29,32,35-41,43-45,47,49-51,53,55-67H2,1-5H3/p+1/b10-8-,11-9-,16-14-,17-15-,22-20-,23-21-,28-26-,31-30-,34-33-,42-27-,48-46-,54-52-. The van der Waals surface area contributed by atoms with Crippen LogP contribution in [0.4, 0.5) is 0 Å². The van der Waals surface area contributed by atoms with Gasteiger partial charge in [0.2, 0.25) is 0 Å². The molecule has 454 valence electrons. The van der Waals surface area contributed by atoms with Gasteiger partial charge in [0, 0.05) is 12.8 Å². The first-order valence-electron chi connectivity index (χ1n) is 31.6. The SMILES string of the molecule is CC/C=C\C/C=C\C/C=C\C/C=C\C/C=C\C/C=C\CCCCCCCCCCCCCCCCCCC(=O)OC(COC(=O)CCCC/C=C\C/C=C\C/C=C\C/C=C\C/C=C\C/C=C\CC)COP(=O)(O)OCC[N+](C)(C)C. The fourth-order valence-corrected chi connectivity index (χ4v) is 8.82. The second-order valence-corrected chi connectivity index (χ2v) is 23.1. The van der Waals surface area contributed by atoms with E-state index in [4.69, 9.17) is 18.5 Å². The Morgan fingerprint density at radius 1 is 0.388 bits per heavy atom. The van der Waals surface area contributed by atoms with E-state index in [1.807, 2.05) is 21.1 Å². The predicted molar refractivity (Wildman–Crippen MR) is 343 cm³/mol. The lowest BCUT2D eigenvalue weighted by Crippen LogP contribution is -2.37. The molecule has 2 atom stereocenters. The molecule has 0 aromatic rings. The number of rotatable bonds is 56. The second kappa shape index (κ2) is 59.5. The summed E-state index contributed by atoms with van der Waals surface area (Å²) in [5.41, 5.74) is 0. The average molecular weight is 1130 g/mol. The van der Waals surface area contributed by atoms with Gasteiger partial charge in [-0.3, -0.25) is 18.6 Å². The molecule has 0 fully saturated rings. The van der Waals surface area contributed by atoms with Gasteiger partial charge in [-0.15, -0.1) is 0 Å². The number of allylic oxidation sites excluding steroid dienone is 24. The molecule has 0 amide bonds. The molecule has 0 saturated carbocycles. The van der Waals surface area contributed by atoms with Crippen LogP contribution in [0, 0.1) is 0 Å². The third kappa shape index (κ3) is 63.1. The molecule has 0 aliphatic heterocycles. The van der Waals surface area contributed by atoms with Crippen molar-refractivity contribution in [2.75, 3.05) is 47.5 Å². The molecule has 10 heteroatoms. The Labute approximate surface area is 491 Å². The molecule has 1 N–H and O–H groups in total. The first-order valence-corrected chi connectivity index (χ1v) is 33.1. The first kappa shape index (κ1) is 75.9. The smallest absolute Gasteiger partial charge is 0.462 e. The highest BCUT2D eigenvalue weighted by atomic mass is 31.2. The van der Waals surface area contributed by atoms with Crippen LogP contribution < -0.4 is 0 Å². The van der Waals surface area contributed by atoms with Crippen LogP contribution in [0.15, 0.2) is 146 Å². The number of ether oxygens (including phenoxy) is 2. The van der Waals surface area contributed by atoms with Crippen molar-refractivity contribution >= 4 is 19.8 Å². The Hall–Kier alpha value is -4.11. The molecule has 0 aliphatic rings. The van der Waals surface area contributed by atoms with Crippen LogP contribution in [0.25, 0.3) is 0 Å². The Bertz CT molecular complexity index is 1860. The summed E-state index contributed by atoms with van der Waals surface area (Å²) < 4.78 is 34.6. The fourth-order valence-electron chi connectivity index (χ4n) is 8.08. The van der Waals surface area contributed by atoms with E-state index >= 15 is 0 Å². The largest absolute Gasteiger partial charge is 0.472 e. The van der Waals surface area contributed by atoms with Crippen LogP contribution in [0.1, 0.15) is 232 Å². The van der Waals surface area contributed by atoms with E-state index in [-0.39, 0.29) is 26.1 Å². The number of carbonyl (C=O) groups excluding carboxylic acids is 2. The summed E-state index contributed by atoms with van der Waals surface area (Å²) in [6.45, 7) is 4.14. The molecule has 0 aromatic carbocycles. The van der Waals surface area contributed by atoms with Gasteiger partial charge in [0.15, 0.2) is 6.10 Å². The highest BCUT2D eigenvalue weighted by Gasteiger charge is 2.27. The second-order valence-electron chi connectivity index (χ2n) is 21.7. The van der Waals surface area contributed by atoms with Crippen LogP contribution in [-0.2, 0) is 32.7 Å². The topological polar surface area (TPSA) is 108 Å². The van der Waals surface area contributed by atoms with Crippen LogP contribution in [0.3, 0.4) is 0 Å². The Morgan fingerprint density at radius 3 is 1.02 bits per heavy atom. The van der Waals surface area contributed by atoms with Crippen molar-refractivity contribution in [1.82, 2.24) is 0 Å². The number of quaternary nitrogens is 1. The van der Waals surface area contributed by atoms with E-state index in [2.05, 4.69) is 160 Å². The van der Waals surface area contributed by atoms with Gasteiger partial charge >= 0.3 is 19.8 Å². The molecule has 80 heavy (non-hydrogen) atoms. The van der Waals surface area contributed by atoms with E-state index < -0.39 is 32.5 Å². The lowest BCUT2D eigenvalue weighted by Gasteiger charge is -2.24. The monoisotopic (exact) mass is 1130 g/mol. The number of nitrogens with zero attached hydrogens (tertiary/aromatic N) is 1. The molecule has 0 aromatic heterocycles. The average Bonchev–Trinajstić information content (AvgIpc) is 3.42. The minimum Gasteiger partial charge on any atom is -0.462 e. The zero-order valence-electron chi connectivity index (χ0n) is 51.5. The van der Waals surface area contributed by atoms with Gasteiger partial charge in [0.1, 0.15) is 19.8 Å². The third-order valence-electron chi connectivity index (χ3n) is 12.9. The minimum absolute atomic E-state index is 0.0176. The maximum Gasteiger partial charge on any atom is 0.472 e. The fraction of sp³-hybridized carbons (Fsp3) is 0.629. The Morgan fingerprint density at radius 2 is 0.675 bits per heavy atom. The van der Waals surface area contributed by atoms with Gasteiger partial charge in [-0.1, -0.05) is 250 Å². The maximum absolute atomic E-state index is 12.8. The van der Waals surface area contributed by atoms with Crippen molar-refractivity contribution in [3.63, 3.8) is 0 Å². The Kier molecular flexibility index (Phi) is 56.5. The number of likely N-dealkylation sites (N-methyl/N-ethyl adjacent to an activating group) is 1. The normalized spacial score (nSPS) is 14.2. The van der Waals surface area contributed by atoms with Crippen LogP contribution in [0.2, 0.25) is 0 Å². The van der Waals surface area contributed by atoms with Crippen LogP contribution in [0.5, 0.6) is 0 Å². The summed E-state index contributed by atoms with van der Waals surface area (Å²) in [6, 6.07) is 0. The quantitative estimate of drug-likeness (QED) is 0.0211. The van der Waals surface area contributed by atoms with Crippen molar-refractivity contribution in [2.45, 2.75) is 238 Å². The van der Waals surface area contributed by atoms with Crippen molar-refractivity contribution < 1.29 is 42.1 Å². The minimum atomic E-state index is -4.41. The number of esters is 2. The molecule has 9 nitrogen and oxygen atoms in total. The van der Waals surface area contributed by atoms with Gasteiger partial charge in [0.25, 0.3) is 0 Å². The summed E-state index contributed by atoms with van der Waals surface area (Å²) >= 11 is 0. The summed E-state index contributed by atoms with van der Waals surface area (Å²) in [6.07, 6.45) is 87.9. The lowest BCUT2D eigenvalue weighted by atomic mass is 10.0. The van der Waals surface area contributed by atoms with Gasteiger partial charge < -0.3 is 18.9 Å². The summed E-state index contributed by atoms with van der Waals surface area (Å²) in [5.74, 6) is -0.855. The molecular formula is C70H117NO8P+. The van der Waals surface area contributed by atoms with Crippen molar-refractivity contribution in [3.8, 4) is 0 Å². The summed E-state index contributed by atoms with van der Waals surface area (Å²) in [4.78, 5) is 35.7. The summed E-state index contributed by atoms with van der Waals surface area (Å²) in [7, 11) is 1.44. The number of phosphoric ester groups is 1. The van der Waals surface area contributed by atoms with Crippen LogP contribution in [-0.4, -0.2) is 74.9 Å². The molecule has 2 unspecified atom stereocenters. The van der Waals surface area contributed by atoms with E-state index in [9.17, 15) is 19.0 Å².